The van der Waals surface area contributed by atoms with Crippen molar-refractivity contribution in [1.29, 1.82) is 0 Å². The molecule has 6 aromatic rings. The first-order valence-corrected chi connectivity index (χ1v) is 11.5. The minimum atomic E-state index is 0.720. The van der Waals surface area contributed by atoms with Crippen LogP contribution in [0.4, 0.5) is 0 Å². The van der Waals surface area contributed by atoms with E-state index in [0.717, 1.165) is 62.4 Å². The zero-order valence-corrected chi connectivity index (χ0v) is 19.0. The lowest BCUT2D eigenvalue weighted by Crippen LogP contribution is -2.10. The molecule has 1 aromatic carbocycles. The van der Waals surface area contributed by atoms with Crippen LogP contribution in [0.2, 0.25) is 0 Å². The van der Waals surface area contributed by atoms with Gasteiger partial charge < -0.3 is 9.88 Å². The summed E-state index contributed by atoms with van der Waals surface area (Å²) in [5.41, 5.74) is 8.83. The highest BCUT2D eigenvalue weighted by atomic mass is 32.1. The van der Waals surface area contributed by atoms with Crippen LogP contribution in [0.5, 0.6) is 0 Å². The summed E-state index contributed by atoms with van der Waals surface area (Å²) in [6.07, 6.45) is 5.63. The average Bonchev–Trinajstić information content (AvgIpc) is 3.57. The topological polar surface area (TPSA) is 86.4 Å². The number of aromatic amines is 2. The Hall–Kier alpha value is -3.88. The van der Waals surface area contributed by atoms with Crippen molar-refractivity contribution < 1.29 is 0 Å². The molecule has 0 bridgehead atoms. The molecular weight excluding hydrogens is 430 g/mol. The van der Waals surface area contributed by atoms with Crippen molar-refractivity contribution in [2.75, 3.05) is 14.1 Å². The molecule has 0 spiro atoms. The fourth-order valence-corrected chi connectivity index (χ4v) is 4.77. The van der Waals surface area contributed by atoms with Crippen LogP contribution in [0.15, 0.2) is 65.7 Å². The Bertz CT molecular complexity index is 1580. The lowest BCUT2D eigenvalue weighted by atomic mass is 10.0. The van der Waals surface area contributed by atoms with Gasteiger partial charge in [-0.3, -0.25) is 15.1 Å². The van der Waals surface area contributed by atoms with Gasteiger partial charge in [-0.15, -0.1) is 0 Å². The Balaban J connectivity index is 1.45. The van der Waals surface area contributed by atoms with Crippen LogP contribution in [0.3, 0.4) is 0 Å². The zero-order valence-electron chi connectivity index (χ0n) is 18.2. The maximum atomic E-state index is 4.90. The number of hydrogen-bond acceptors (Lipinski definition) is 6. The highest BCUT2D eigenvalue weighted by Crippen LogP contribution is 2.32. The molecule has 0 fully saturated rings. The number of aromatic nitrogens is 6. The Morgan fingerprint density at radius 2 is 1.88 bits per heavy atom. The Morgan fingerprint density at radius 3 is 2.73 bits per heavy atom. The third-order valence-electron chi connectivity index (χ3n) is 5.61. The van der Waals surface area contributed by atoms with Crippen LogP contribution in [-0.2, 0) is 6.54 Å². The van der Waals surface area contributed by atoms with Gasteiger partial charge in [-0.05, 0) is 60.9 Å². The summed E-state index contributed by atoms with van der Waals surface area (Å²) >= 11 is 1.65. The van der Waals surface area contributed by atoms with E-state index >= 15 is 0 Å². The Kier molecular flexibility index (Phi) is 4.74. The Labute approximate surface area is 194 Å². The van der Waals surface area contributed by atoms with E-state index in [1.165, 1.54) is 5.56 Å². The van der Waals surface area contributed by atoms with Gasteiger partial charge in [0.1, 0.15) is 11.2 Å². The first kappa shape index (κ1) is 19.8. The summed E-state index contributed by atoms with van der Waals surface area (Å²) < 4.78 is 0. The molecule has 0 saturated carbocycles. The largest absolute Gasteiger partial charge is 0.336 e. The maximum absolute atomic E-state index is 4.90. The number of hydrogen-bond donors (Lipinski definition) is 2. The van der Waals surface area contributed by atoms with Crippen molar-refractivity contribution in [3.05, 3.63) is 71.3 Å². The number of benzene rings is 1. The van der Waals surface area contributed by atoms with Crippen molar-refractivity contribution >= 4 is 33.3 Å². The molecule has 0 aliphatic rings. The van der Waals surface area contributed by atoms with Crippen LogP contribution in [0.1, 0.15) is 5.56 Å². The number of nitrogens with zero attached hydrogens (tertiary/aromatic N) is 5. The predicted octanol–water partition coefficient (Wildman–Crippen LogP) is 5.35. The molecule has 0 amide bonds. The summed E-state index contributed by atoms with van der Waals surface area (Å²) in [7, 11) is 4.12. The fourth-order valence-electron chi connectivity index (χ4n) is 4.13. The van der Waals surface area contributed by atoms with Crippen molar-refractivity contribution in [2.45, 2.75) is 6.54 Å². The van der Waals surface area contributed by atoms with E-state index in [1.807, 2.05) is 24.7 Å². The van der Waals surface area contributed by atoms with E-state index in [0.29, 0.717) is 0 Å². The minimum Gasteiger partial charge on any atom is -0.336 e. The van der Waals surface area contributed by atoms with Gasteiger partial charge >= 0.3 is 0 Å². The van der Waals surface area contributed by atoms with Crippen LogP contribution in [0, 0.1) is 0 Å². The first-order valence-electron chi connectivity index (χ1n) is 10.6. The van der Waals surface area contributed by atoms with Gasteiger partial charge in [0, 0.05) is 47.0 Å². The molecule has 2 N–H and O–H groups in total. The molecular formula is C25H21N7S. The highest BCUT2D eigenvalue weighted by Gasteiger charge is 2.16. The number of pyridine rings is 2. The second kappa shape index (κ2) is 7.91. The summed E-state index contributed by atoms with van der Waals surface area (Å²) in [5.74, 6) is 0.720. The van der Waals surface area contributed by atoms with Crippen LogP contribution < -0.4 is 0 Å². The van der Waals surface area contributed by atoms with Crippen molar-refractivity contribution in [2.24, 2.45) is 0 Å². The van der Waals surface area contributed by atoms with Crippen LogP contribution in [-0.4, -0.2) is 49.1 Å². The second-order valence-electron chi connectivity index (χ2n) is 8.31. The van der Waals surface area contributed by atoms with E-state index in [1.54, 1.807) is 11.3 Å². The lowest BCUT2D eigenvalue weighted by Gasteiger charge is -2.10. The number of H-pyrrole nitrogens is 2. The average molecular weight is 452 g/mol. The molecule has 8 heteroatoms. The van der Waals surface area contributed by atoms with E-state index in [4.69, 9.17) is 4.98 Å². The van der Waals surface area contributed by atoms with Crippen molar-refractivity contribution in [3.8, 4) is 33.9 Å². The molecule has 33 heavy (non-hydrogen) atoms. The molecule has 0 atom stereocenters. The van der Waals surface area contributed by atoms with Gasteiger partial charge in [0.2, 0.25) is 0 Å². The van der Waals surface area contributed by atoms with Crippen molar-refractivity contribution in [3.63, 3.8) is 0 Å². The standard InChI is InChI=1S/C25H21N7S/c1-32(2)13-15-9-18(12-26-11-15)16-3-4-20-19(10-16)23(31-30-20)25-28-21-5-7-27-22(24(21)29-25)17-6-8-33-14-17/h3-12,14H,13H2,1-2H3,(H,28,29)(H,30,31). The SMILES string of the molecule is CN(C)Cc1cncc(-c2ccc3[nH]nc(-c4nc5c(-c6ccsc6)nccc5[nH]4)c3c2)c1. The highest BCUT2D eigenvalue weighted by molar-refractivity contribution is 7.08. The minimum absolute atomic E-state index is 0.720. The molecule has 162 valence electrons. The summed E-state index contributed by atoms with van der Waals surface area (Å²) in [4.78, 5) is 19.5. The predicted molar refractivity (Wildman–Crippen MR) is 133 cm³/mol. The Morgan fingerprint density at radius 1 is 0.939 bits per heavy atom. The number of rotatable bonds is 5. The third kappa shape index (κ3) is 3.59. The molecule has 5 heterocycles. The molecule has 5 aromatic heterocycles. The lowest BCUT2D eigenvalue weighted by molar-refractivity contribution is 0.402. The van der Waals surface area contributed by atoms with Crippen molar-refractivity contribution in [1.82, 2.24) is 35.0 Å². The normalized spacial score (nSPS) is 11.7. The van der Waals surface area contributed by atoms with Crippen LogP contribution in [0.25, 0.3) is 55.8 Å². The molecule has 0 aliphatic carbocycles. The van der Waals surface area contributed by atoms with Gasteiger partial charge in [-0.1, -0.05) is 6.07 Å². The van der Waals surface area contributed by atoms with Gasteiger partial charge in [0.25, 0.3) is 0 Å². The van der Waals surface area contributed by atoms with Gasteiger partial charge in [-0.25, -0.2) is 4.98 Å². The monoisotopic (exact) mass is 451 g/mol. The zero-order chi connectivity index (χ0) is 22.4. The van der Waals surface area contributed by atoms with E-state index in [9.17, 15) is 0 Å². The van der Waals surface area contributed by atoms with Crippen LogP contribution >= 0.6 is 11.3 Å². The van der Waals surface area contributed by atoms with E-state index in [2.05, 4.69) is 85.2 Å². The summed E-state index contributed by atoms with van der Waals surface area (Å²) in [5, 5.41) is 12.9. The quantitative estimate of drug-likeness (QED) is 0.369. The smallest absolute Gasteiger partial charge is 0.159 e. The summed E-state index contributed by atoms with van der Waals surface area (Å²) in [6, 6.07) is 12.5. The molecule has 6 rings (SSSR count). The van der Waals surface area contributed by atoms with Gasteiger partial charge in [-0.2, -0.15) is 16.4 Å². The fraction of sp³-hybridized carbons (Fsp3) is 0.120. The third-order valence-corrected chi connectivity index (χ3v) is 6.29. The van der Waals surface area contributed by atoms with E-state index < -0.39 is 0 Å². The molecule has 0 radical (unpaired) electrons. The maximum Gasteiger partial charge on any atom is 0.159 e. The first-order chi connectivity index (χ1) is 16.2. The molecule has 0 unspecified atom stereocenters. The van der Waals surface area contributed by atoms with Gasteiger partial charge in [0.15, 0.2) is 5.82 Å². The van der Waals surface area contributed by atoms with Gasteiger partial charge in [0.05, 0.1) is 16.7 Å². The molecule has 7 nitrogen and oxygen atoms in total. The second-order valence-corrected chi connectivity index (χ2v) is 9.09. The number of nitrogens with one attached hydrogen (secondary N) is 2. The number of imidazole rings is 1. The molecule has 0 saturated heterocycles. The summed E-state index contributed by atoms with van der Waals surface area (Å²) in [6.45, 7) is 0.847. The number of fused-ring (bicyclic) bond motifs is 2. The number of thiophene rings is 1. The molecule has 0 aliphatic heterocycles. The van der Waals surface area contributed by atoms with E-state index in [-0.39, 0.29) is 0 Å².